The van der Waals surface area contributed by atoms with Gasteiger partial charge in [-0.3, -0.25) is 10.5 Å². The predicted molar refractivity (Wildman–Crippen MR) is 37.2 cm³/mol. The highest BCUT2D eigenvalue weighted by atomic mass is 17.1. The van der Waals surface area contributed by atoms with Crippen molar-refractivity contribution < 1.29 is 25.0 Å². The molecule has 0 radical (unpaired) electrons. The molecule has 68 valence electrons. The lowest BCUT2D eigenvalue weighted by atomic mass is 10.4. The molecule has 0 heterocycles. The quantitative estimate of drug-likeness (QED) is 0.332. The Balaban J connectivity index is 3.20. The molecule has 0 spiro atoms. The van der Waals surface area contributed by atoms with Gasteiger partial charge in [-0.25, -0.2) is 9.78 Å². The summed E-state index contributed by atoms with van der Waals surface area (Å²) in [5.41, 5.74) is 0. The van der Waals surface area contributed by atoms with Crippen molar-refractivity contribution in [2.24, 2.45) is 0 Å². The Morgan fingerprint density at radius 3 is 2.45 bits per heavy atom. The van der Waals surface area contributed by atoms with Gasteiger partial charge in [0.2, 0.25) is 0 Å². The van der Waals surface area contributed by atoms with Crippen LogP contribution in [0.25, 0.3) is 0 Å². The third-order valence-corrected chi connectivity index (χ3v) is 1.06. The molecule has 1 atom stereocenters. The summed E-state index contributed by atoms with van der Waals surface area (Å²) in [5.74, 6) is 0. The van der Waals surface area contributed by atoms with Crippen LogP contribution in [0.5, 0.6) is 0 Å². The molecular weight excluding hydrogens is 152 g/mol. The molecule has 0 aliphatic carbocycles. The first-order chi connectivity index (χ1) is 5.35. The molecule has 0 saturated heterocycles. The summed E-state index contributed by atoms with van der Waals surface area (Å²) < 4.78 is 5.01. The number of hydrogen-bond acceptors (Lipinski definition) is 5. The van der Waals surface area contributed by atoms with Gasteiger partial charge >= 0.3 is 0 Å². The number of ether oxygens (including phenoxy) is 1. The molecule has 1 unspecified atom stereocenters. The minimum Gasteiger partial charge on any atom is -0.379 e. The second kappa shape index (κ2) is 7.90. The van der Waals surface area contributed by atoms with Gasteiger partial charge in [0.05, 0.1) is 6.61 Å². The van der Waals surface area contributed by atoms with E-state index in [9.17, 15) is 0 Å². The van der Waals surface area contributed by atoms with Crippen molar-refractivity contribution in [2.75, 3.05) is 19.8 Å². The van der Waals surface area contributed by atoms with Crippen LogP contribution >= 0.6 is 0 Å². The third kappa shape index (κ3) is 6.21. The van der Waals surface area contributed by atoms with Crippen LogP contribution in [0, 0.1) is 0 Å². The zero-order valence-electron chi connectivity index (χ0n) is 6.52. The van der Waals surface area contributed by atoms with Gasteiger partial charge < -0.3 is 4.74 Å². The molecular formula is C6H14O5. The van der Waals surface area contributed by atoms with E-state index < -0.39 is 6.10 Å². The first kappa shape index (κ1) is 10.8. The van der Waals surface area contributed by atoms with E-state index in [2.05, 4.69) is 9.78 Å². The normalized spacial score (nSPS) is 13.4. The molecule has 2 N–H and O–H groups in total. The minimum atomic E-state index is -0.619. The summed E-state index contributed by atoms with van der Waals surface area (Å²) in [7, 11) is 0. The third-order valence-electron chi connectivity index (χ3n) is 1.06. The largest absolute Gasteiger partial charge is 0.379 e. The molecule has 0 aromatic heterocycles. The van der Waals surface area contributed by atoms with E-state index in [-0.39, 0.29) is 13.2 Å². The Hall–Kier alpha value is -0.200. The van der Waals surface area contributed by atoms with E-state index in [1.165, 1.54) is 0 Å². The van der Waals surface area contributed by atoms with Gasteiger partial charge in [-0.2, -0.15) is 0 Å². The molecule has 0 amide bonds. The Labute approximate surface area is 65.4 Å². The molecule has 0 aromatic rings. The average Bonchev–Trinajstić information content (AvgIpc) is 2.03. The molecule has 5 heteroatoms. The Morgan fingerprint density at radius 2 is 2.00 bits per heavy atom. The summed E-state index contributed by atoms with van der Waals surface area (Å²) in [4.78, 5) is 7.69. The summed E-state index contributed by atoms with van der Waals surface area (Å²) in [5, 5.41) is 16.2. The zero-order valence-corrected chi connectivity index (χ0v) is 6.52. The minimum absolute atomic E-state index is 0.0970. The lowest BCUT2D eigenvalue weighted by molar-refractivity contribution is -0.332. The van der Waals surface area contributed by atoms with Crippen LogP contribution in [-0.4, -0.2) is 36.4 Å². The summed E-state index contributed by atoms with van der Waals surface area (Å²) >= 11 is 0. The smallest absolute Gasteiger partial charge is 0.142 e. The maximum absolute atomic E-state index is 8.19. The standard InChI is InChI=1S/C6H14O5/c1-2-3-9-4-6(11-8)5-10-7/h6-8H,2-5H2,1H3. The van der Waals surface area contributed by atoms with Crippen molar-refractivity contribution in [2.45, 2.75) is 19.4 Å². The molecule has 0 fully saturated rings. The van der Waals surface area contributed by atoms with Crippen LogP contribution in [0.4, 0.5) is 0 Å². The SMILES string of the molecule is CCCOCC(COO)OO. The monoisotopic (exact) mass is 166 g/mol. The Kier molecular flexibility index (Phi) is 7.76. The van der Waals surface area contributed by atoms with Crippen LogP contribution in [0.2, 0.25) is 0 Å². The Morgan fingerprint density at radius 1 is 1.27 bits per heavy atom. The van der Waals surface area contributed by atoms with Gasteiger partial charge in [0.25, 0.3) is 0 Å². The molecule has 0 aliphatic heterocycles. The molecule has 11 heavy (non-hydrogen) atoms. The number of hydrogen-bond donors (Lipinski definition) is 2. The van der Waals surface area contributed by atoms with Crippen molar-refractivity contribution in [1.82, 2.24) is 0 Å². The van der Waals surface area contributed by atoms with Crippen LogP contribution in [0.1, 0.15) is 13.3 Å². The van der Waals surface area contributed by atoms with Crippen LogP contribution in [-0.2, 0) is 14.5 Å². The molecule has 0 rings (SSSR count). The maximum atomic E-state index is 8.19. The topological polar surface area (TPSA) is 68.2 Å². The first-order valence-corrected chi connectivity index (χ1v) is 3.49. The second-order valence-electron chi connectivity index (χ2n) is 2.10. The fraction of sp³-hybridized carbons (Fsp3) is 1.00. The van der Waals surface area contributed by atoms with Crippen molar-refractivity contribution in [1.29, 1.82) is 0 Å². The first-order valence-electron chi connectivity index (χ1n) is 3.49. The van der Waals surface area contributed by atoms with Crippen molar-refractivity contribution in [3.8, 4) is 0 Å². The van der Waals surface area contributed by atoms with Gasteiger partial charge in [-0.15, -0.1) is 0 Å². The van der Waals surface area contributed by atoms with Crippen molar-refractivity contribution >= 4 is 0 Å². The van der Waals surface area contributed by atoms with E-state index in [0.717, 1.165) is 6.42 Å². The predicted octanol–water partition coefficient (Wildman–Crippen LogP) is 0.761. The molecule has 0 saturated carbocycles. The second-order valence-corrected chi connectivity index (χ2v) is 2.10. The highest BCUT2D eigenvalue weighted by Gasteiger charge is 2.08. The number of rotatable bonds is 7. The molecule has 0 bridgehead atoms. The van der Waals surface area contributed by atoms with Gasteiger partial charge in [0.15, 0.2) is 0 Å². The van der Waals surface area contributed by atoms with Crippen LogP contribution < -0.4 is 0 Å². The highest BCUT2D eigenvalue weighted by Crippen LogP contribution is 1.92. The Bertz CT molecular complexity index is 77.4. The van der Waals surface area contributed by atoms with Gasteiger partial charge in [-0.1, -0.05) is 6.92 Å². The fourth-order valence-electron chi connectivity index (χ4n) is 0.551. The highest BCUT2D eigenvalue weighted by molar-refractivity contribution is 4.50. The molecule has 0 aliphatic rings. The maximum Gasteiger partial charge on any atom is 0.142 e. The van der Waals surface area contributed by atoms with Gasteiger partial charge in [-0.05, 0) is 6.42 Å². The van der Waals surface area contributed by atoms with Crippen LogP contribution in [0.3, 0.4) is 0 Å². The average molecular weight is 166 g/mol. The lowest BCUT2D eigenvalue weighted by Gasteiger charge is -2.10. The van der Waals surface area contributed by atoms with Gasteiger partial charge in [0.1, 0.15) is 12.7 Å². The summed E-state index contributed by atoms with van der Waals surface area (Å²) in [6, 6.07) is 0. The van der Waals surface area contributed by atoms with E-state index in [0.29, 0.717) is 6.61 Å². The van der Waals surface area contributed by atoms with E-state index >= 15 is 0 Å². The summed E-state index contributed by atoms with van der Waals surface area (Å²) in [6.07, 6.45) is 0.282. The zero-order chi connectivity index (χ0) is 8.53. The fourth-order valence-corrected chi connectivity index (χ4v) is 0.551. The van der Waals surface area contributed by atoms with Crippen LogP contribution in [0.15, 0.2) is 0 Å². The van der Waals surface area contributed by atoms with Crippen molar-refractivity contribution in [3.05, 3.63) is 0 Å². The summed E-state index contributed by atoms with van der Waals surface area (Å²) in [6.45, 7) is 2.69. The van der Waals surface area contributed by atoms with E-state index in [1.807, 2.05) is 6.92 Å². The van der Waals surface area contributed by atoms with Crippen molar-refractivity contribution in [3.63, 3.8) is 0 Å². The van der Waals surface area contributed by atoms with E-state index in [1.54, 1.807) is 0 Å². The van der Waals surface area contributed by atoms with Gasteiger partial charge in [0, 0.05) is 6.61 Å². The molecule has 0 aromatic carbocycles. The van der Waals surface area contributed by atoms with E-state index in [4.69, 9.17) is 15.3 Å². The lowest BCUT2D eigenvalue weighted by Crippen LogP contribution is -2.24. The molecule has 5 nitrogen and oxygen atoms in total.